The maximum absolute atomic E-state index is 11.5. The molecular weight excluding hydrogens is 195 g/mol. The fourth-order valence-corrected chi connectivity index (χ4v) is 1.45. The van der Waals surface area contributed by atoms with E-state index in [2.05, 4.69) is 10.1 Å². The first-order valence-corrected chi connectivity index (χ1v) is 4.99. The molecule has 0 bridgehead atoms. The van der Waals surface area contributed by atoms with Crippen LogP contribution in [0.4, 0.5) is 13.2 Å². The highest BCUT2D eigenvalue weighted by Gasteiger charge is 2.28. The molecule has 1 fully saturated rings. The van der Waals surface area contributed by atoms with Crippen molar-refractivity contribution in [2.75, 3.05) is 19.7 Å². The molecule has 1 N–H and O–H groups in total. The minimum absolute atomic E-state index is 0.270. The third-order valence-corrected chi connectivity index (χ3v) is 2.50. The van der Waals surface area contributed by atoms with Gasteiger partial charge in [0.2, 0.25) is 0 Å². The van der Waals surface area contributed by atoms with Gasteiger partial charge in [0.25, 0.3) is 0 Å². The average Bonchev–Trinajstić information content (AvgIpc) is 1.97. The van der Waals surface area contributed by atoms with Crippen LogP contribution in [0.3, 0.4) is 0 Å². The highest BCUT2D eigenvalue weighted by atomic mass is 19.4. The maximum atomic E-state index is 11.5. The molecule has 0 saturated heterocycles. The monoisotopic (exact) mass is 211 g/mol. The molecule has 2 nitrogen and oxygen atoms in total. The zero-order valence-electron chi connectivity index (χ0n) is 8.07. The Morgan fingerprint density at radius 2 is 1.93 bits per heavy atom. The number of hydrogen-bond acceptors (Lipinski definition) is 2. The number of nitrogens with one attached hydrogen (secondary N) is 1. The zero-order valence-corrected chi connectivity index (χ0v) is 8.07. The largest absolute Gasteiger partial charge is 0.522 e. The van der Waals surface area contributed by atoms with Crippen LogP contribution in [0.2, 0.25) is 0 Å². The van der Waals surface area contributed by atoms with Crippen LogP contribution < -0.4 is 5.32 Å². The molecule has 5 heteroatoms. The van der Waals surface area contributed by atoms with Gasteiger partial charge in [0, 0.05) is 6.54 Å². The van der Waals surface area contributed by atoms with Crippen molar-refractivity contribution in [2.24, 2.45) is 5.92 Å². The van der Waals surface area contributed by atoms with Crippen molar-refractivity contribution in [3.63, 3.8) is 0 Å². The van der Waals surface area contributed by atoms with Crippen molar-refractivity contribution in [3.8, 4) is 0 Å². The maximum Gasteiger partial charge on any atom is 0.522 e. The third-order valence-electron chi connectivity index (χ3n) is 2.50. The van der Waals surface area contributed by atoms with Gasteiger partial charge in [0.1, 0.15) is 0 Å². The van der Waals surface area contributed by atoms with Crippen molar-refractivity contribution in [3.05, 3.63) is 0 Å². The van der Waals surface area contributed by atoms with E-state index in [-0.39, 0.29) is 13.2 Å². The topological polar surface area (TPSA) is 21.3 Å². The van der Waals surface area contributed by atoms with Gasteiger partial charge in [0.05, 0.1) is 6.61 Å². The van der Waals surface area contributed by atoms with Gasteiger partial charge >= 0.3 is 6.36 Å². The van der Waals surface area contributed by atoms with Crippen LogP contribution in [0.1, 0.15) is 25.7 Å². The summed E-state index contributed by atoms with van der Waals surface area (Å²) in [6.07, 6.45) is 0.449. The van der Waals surface area contributed by atoms with E-state index >= 15 is 0 Å². The number of ether oxygens (including phenoxy) is 1. The molecule has 0 radical (unpaired) electrons. The molecule has 0 amide bonds. The Labute approximate surface area is 81.8 Å². The van der Waals surface area contributed by atoms with Gasteiger partial charge in [-0.15, -0.1) is 13.2 Å². The highest BCUT2D eigenvalue weighted by Crippen LogP contribution is 2.28. The minimum Gasteiger partial charge on any atom is -0.314 e. The molecule has 0 spiro atoms. The molecule has 0 atom stereocenters. The first-order chi connectivity index (χ1) is 6.58. The molecule has 0 heterocycles. The molecule has 1 rings (SSSR count). The molecule has 0 aromatic rings. The van der Waals surface area contributed by atoms with E-state index < -0.39 is 6.36 Å². The van der Waals surface area contributed by atoms with Crippen LogP contribution in [0.15, 0.2) is 0 Å². The van der Waals surface area contributed by atoms with Gasteiger partial charge in [-0.05, 0) is 18.9 Å². The summed E-state index contributed by atoms with van der Waals surface area (Å²) in [7, 11) is 0. The van der Waals surface area contributed by atoms with E-state index in [0.29, 0.717) is 0 Å². The molecular formula is C9H16F3NO. The second kappa shape index (κ2) is 5.56. The minimum atomic E-state index is -4.49. The van der Waals surface area contributed by atoms with Crippen molar-refractivity contribution >= 4 is 0 Å². The standard InChI is InChI=1S/C9H16F3NO/c10-9(11,12)14-7-6-13-5-4-8-2-1-3-8/h8,13H,1-7H2. The second-order valence-corrected chi connectivity index (χ2v) is 3.63. The average molecular weight is 211 g/mol. The summed E-state index contributed by atoms with van der Waals surface area (Å²) >= 11 is 0. The Balaban J connectivity index is 1.80. The van der Waals surface area contributed by atoms with Crippen LogP contribution in [-0.2, 0) is 4.74 Å². The number of hydrogen-bond donors (Lipinski definition) is 1. The molecule has 1 aliphatic rings. The summed E-state index contributed by atoms with van der Waals surface area (Å²) in [5.41, 5.74) is 0. The first-order valence-electron chi connectivity index (χ1n) is 4.99. The number of halogens is 3. The van der Waals surface area contributed by atoms with Gasteiger partial charge in [-0.3, -0.25) is 4.74 Å². The van der Waals surface area contributed by atoms with Crippen molar-refractivity contribution in [2.45, 2.75) is 32.0 Å². The lowest BCUT2D eigenvalue weighted by Gasteiger charge is -2.25. The van der Waals surface area contributed by atoms with Gasteiger partial charge in [-0.2, -0.15) is 0 Å². The quantitative estimate of drug-likeness (QED) is 0.681. The molecule has 14 heavy (non-hydrogen) atoms. The predicted molar refractivity (Wildman–Crippen MR) is 46.8 cm³/mol. The molecule has 0 aliphatic heterocycles. The first kappa shape index (κ1) is 11.8. The number of alkyl halides is 3. The Morgan fingerprint density at radius 1 is 1.21 bits per heavy atom. The second-order valence-electron chi connectivity index (χ2n) is 3.63. The highest BCUT2D eigenvalue weighted by molar-refractivity contribution is 4.70. The molecule has 0 unspecified atom stereocenters. The van der Waals surface area contributed by atoms with Crippen molar-refractivity contribution in [1.29, 1.82) is 0 Å². The molecule has 1 aliphatic carbocycles. The van der Waals surface area contributed by atoms with E-state index in [4.69, 9.17) is 0 Å². The lowest BCUT2D eigenvalue weighted by molar-refractivity contribution is -0.323. The predicted octanol–water partition coefficient (Wildman–Crippen LogP) is 2.30. The summed E-state index contributed by atoms with van der Waals surface area (Å²) in [5.74, 6) is 0.797. The van der Waals surface area contributed by atoms with Gasteiger partial charge < -0.3 is 5.32 Å². The Hall–Kier alpha value is -0.290. The fourth-order valence-electron chi connectivity index (χ4n) is 1.45. The van der Waals surface area contributed by atoms with Crippen LogP contribution >= 0.6 is 0 Å². The smallest absolute Gasteiger partial charge is 0.314 e. The van der Waals surface area contributed by atoms with Crippen LogP contribution in [0.5, 0.6) is 0 Å². The van der Waals surface area contributed by atoms with Crippen molar-refractivity contribution < 1.29 is 17.9 Å². The molecule has 0 aromatic carbocycles. The summed E-state index contributed by atoms with van der Waals surface area (Å²) in [6, 6.07) is 0. The van der Waals surface area contributed by atoms with Crippen LogP contribution in [0, 0.1) is 5.92 Å². The van der Waals surface area contributed by atoms with E-state index in [1.54, 1.807) is 0 Å². The molecule has 1 saturated carbocycles. The normalized spacial score (nSPS) is 18.2. The van der Waals surface area contributed by atoms with Gasteiger partial charge in [-0.25, -0.2) is 0 Å². The Morgan fingerprint density at radius 3 is 2.43 bits per heavy atom. The Bertz CT molecular complexity index is 157. The SMILES string of the molecule is FC(F)(F)OCCNCCC1CCC1. The third kappa shape index (κ3) is 5.44. The summed E-state index contributed by atoms with van der Waals surface area (Å²) in [5, 5.41) is 2.93. The van der Waals surface area contributed by atoms with E-state index in [0.717, 1.165) is 18.9 Å². The van der Waals surface area contributed by atoms with E-state index in [9.17, 15) is 13.2 Å². The number of rotatable bonds is 6. The summed E-state index contributed by atoms with van der Waals surface area (Å²) in [6.45, 7) is 0.770. The van der Waals surface area contributed by atoms with Crippen molar-refractivity contribution in [1.82, 2.24) is 5.32 Å². The molecule has 84 valence electrons. The van der Waals surface area contributed by atoms with Gasteiger partial charge in [-0.1, -0.05) is 19.3 Å². The summed E-state index contributed by atoms with van der Waals surface area (Å²) < 4.78 is 38.1. The Kier molecular flexibility index (Phi) is 4.68. The zero-order chi connectivity index (χ0) is 10.4. The van der Waals surface area contributed by atoms with E-state index in [1.165, 1.54) is 19.3 Å². The summed E-state index contributed by atoms with van der Waals surface area (Å²) in [4.78, 5) is 0. The van der Waals surface area contributed by atoms with Crippen LogP contribution in [-0.4, -0.2) is 26.1 Å². The lowest BCUT2D eigenvalue weighted by Crippen LogP contribution is -2.27. The molecule has 0 aromatic heterocycles. The van der Waals surface area contributed by atoms with Crippen LogP contribution in [0.25, 0.3) is 0 Å². The fraction of sp³-hybridized carbons (Fsp3) is 1.00. The lowest BCUT2D eigenvalue weighted by atomic mass is 9.83. The van der Waals surface area contributed by atoms with E-state index in [1.807, 2.05) is 0 Å². The van der Waals surface area contributed by atoms with Gasteiger partial charge in [0.15, 0.2) is 0 Å².